The summed E-state index contributed by atoms with van der Waals surface area (Å²) in [5.41, 5.74) is 28.5. The van der Waals surface area contributed by atoms with Gasteiger partial charge >= 0.3 is 10.2 Å². The second kappa shape index (κ2) is 28.7. The fourth-order valence-electron chi connectivity index (χ4n) is 6.29. The molecule has 9 nitrogen and oxygen atoms in total. The molecule has 3 N–H and O–H groups in total. The number of aromatic nitrogens is 4. The van der Waals surface area contributed by atoms with Gasteiger partial charge in [-0.3, -0.25) is 0 Å². The van der Waals surface area contributed by atoms with E-state index in [9.17, 15) is 8.42 Å². The van der Waals surface area contributed by atoms with Gasteiger partial charge in [0.2, 0.25) is 0 Å². The van der Waals surface area contributed by atoms with Gasteiger partial charge in [-0.25, -0.2) is 13.9 Å². The van der Waals surface area contributed by atoms with Crippen molar-refractivity contribution in [3.8, 4) is 0 Å². The van der Waals surface area contributed by atoms with Gasteiger partial charge < -0.3 is 15.6 Å². The minimum Gasteiger partial charge on any atom is -0.385 e. The van der Waals surface area contributed by atoms with Gasteiger partial charge in [0.25, 0.3) is 0 Å². The average Bonchev–Trinajstić information content (AvgIpc) is 4.00. The van der Waals surface area contributed by atoms with Crippen LogP contribution in [0.4, 0.5) is 11.4 Å². The zero-order valence-corrected chi connectivity index (χ0v) is 38.7. The van der Waals surface area contributed by atoms with Crippen molar-refractivity contribution >= 4 is 122 Å². The van der Waals surface area contributed by atoms with Crippen LogP contribution in [0.1, 0.15) is 36.4 Å². The standard InChI is InChI=1S/C18H22N4O2S.C16H17N3.C11H4.B11/c1-4-19-16-9-8-14-6-5-7-15(18(14)11-16)10-17-12-22(13-20-17)25(23,24)21(2)3;1-2-18-14-7-6-12-4-3-5-13(16(12)9-14)8-15-10-17-11-19-15;1-3-5-7-9-11-10-8-6-4-2;1-7-10(6)11(8(2)3)9(4)5/h5-9,11-13,19H,4,10H2,1-3H3;3-7,9-11,18H,2,8H2,1H3,(H,17,19);1-2H2;. The second-order valence-electron chi connectivity index (χ2n) is 14.4. The molecule has 2 aromatic heterocycles. The molecule has 66 heavy (non-hydrogen) atoms. The van der Waals surface area contributed by atoms with Crippen LogP contribution in [0.5, 0.6) is 0 Å². The van der Waals surface area contributed by atoms with Crippen molar-refractivity contribution in [1.82, 2.24) is 23.2 Å². The van der Waals surface area contributed by atoms with Gasteiger partial charge in [0.05, 0.1) is 12.0 Å². The van der Waals surface area contributed by atoms with Crippen LogP contribution >= 0.6 is 0 Å². The molecular weight excluding hydrogens is 822 g/mol. The average molecular weight is 865 g/mol. The lowest BCUT2D eigenvalue weighted by molar-refractivity contribution is 0.510. The Morgan fingerprint density at radius 2 is 1.26 bits per heavy atom. The van der Waals surface area contributed by atoms with Crippen LogP contribution in [0.15, 0.2) is 163 Å². The smallest absolute Gasteiger partial charge is 0.308 e. The number of hydrogen-bond donors (Lipinski definition) is 3. The predicted molar refractivity (Wildman–Crippen MR) is 287 cm³/mol. The van der Waals surface area contributed by atoms with E-state index >= 15 is 0 Å². The fraction of sp³-hybridized carbons (Fsp3) is 0.178. The Labute approximate surface area is 401 Å². The Balaban J connectivity index is 0.000000250. The summed E-state index contributed by atoms with van der Waals surface area (Å²) in [7, 11) is 33.0. The lowest BCUT2D eigenvalue weighted by atomic mass is 8.56. The number of H-pyrrole nitrogens is 1. The van der Waals surface area contributed by atoms with Gasteiger partial charge in [-0.2, -0.15) is 12.7 Å². The van der Waals surface area contributed by atoms with Crippen molar-refractivity contribution in [2.75, 3.05) is 37.8 Å². The number of nitrogens with zero attached hydrogens (tertiary/aromatic N) is 4. The number of hydrogen-bond acceptors (Lipinski definition) is 6. The van der Waals surface area contributed by atoms with E-state index in [4.69, 9.17) is 46.4 Å². The van der Waals surface area contributed by atoms with Gasteiger partial charge in [0.1, 0.15) is 6.33 Å². The van der Waals surface area contributed by atoms with Crippen molar-refractivity contribution in [2.45, 2.75) is 26.7 Å². The molecule has 6 rings (SSSR count). The third kappa shape index (κ3) is 17.3. The van der Waals surface area contributed by atoms with E-state index in [0.717, 1.165) is 51.2 Å². The summed E-state index contributed by atoms with van der Waals surface area (Å²) in [6.45, 7) is 12.5. The molecule has 0 amide bonds. The van der Waals surface area contributed by atoms with Gasteiger partial charge in [-0.1, -0.05) is 60.0 Å². The maximum Gasteiger partial charge on any atom is 0.308 e. The van der Waals surface area contributed by atoms with E-state index in [1.54, 1.807) is 12.5 Å². The van der Waals surface area contributed by atoms with Crippen LogP contribution in [-0.4, -0.2) is 138 Å². The van der Waals surface area contributed by atoms with Crippen LogP contribution in [0, 0.1) is 0 Å². The van der Waals surface area contributed by atoms with E-state index in [1.165, 1.54) is 53.8 Å². The van der Waals surface area contributed by atoms with E-state index in [0.29, 0.717) is 12.1 Å². The highest BCUT2D eigenvalue weighted by atomic mass is 32.2. The van der Waals surface area contributed by atoms with E-state index < -0.39 is 29.4 Å². The van der Waals surface area contributed by atoms with E-state index in [2.05, 4.69) is 171 Å². The third-order valence-electron chi connectivity index (χ3n) is 9.46. The highest BCUT2D eigenvalue weighted by Gasteiger charge is 2.26. The maximum atomic E-state index is 12.2. The molecule has 0 aliphatic rings. The first-order valence-corrected chi connectivity index (χ1v) is 22.2. The molecule has 0 aliphatic heterocycles. The van der Waals surface area contributed by atoms with Crippen LogP contribution in [0.25, 0.3) is 21.5 Å². The molecule has 13 radical (unpaired) electrons. The number of fused-ring (bicyclic) bond motifs is 2. The van der Waals surface area contributed by atoms with Crippen molar-refractivity contribution in [3.63, 3.8) is 0 Å². The topological polar surface area (TPSA) is 108 Å². The monoisotopic (exact) mass is 866 g/mol. The normalized spacial score (nSPS) is 9.65. The lowest BCUT2D eigenvalue weighted by Crippen LogP contribution is -2.63. The first kappa shape index (κ1) is 54.1. The number of anilines is 2. The van der Waals surface area contributed by atoms with Gasteiger partial charge in [-0.05, 0) is 124 Å². The second-order valence-corrected chi connectivity index (χ2v) is 16.5. The Hall–Kier alpha value is -6.20. The number of aromatic amines is 1. The molecule has 0 saturated carbocycles. The SMILES string of the molecule is C=C=C=C=C=C=C=C=C=C=C.CCNc1ccc2cccc(Cc3cn(S(=O)(=O)N(C)C)cn3)c2c1.CCNc1ccc2cccc(Cc3cnc[nH]3)c2c1.[B][B]B([B])B(B([B])[B])B([B])[B]. The first-order chi connectivity index (χ1) is 31.7. The van der Waals surface area contributed by atoms with Gasteiger partial charge in [0, 0.05) is 149 Å². The fourth-order valence-corrected chi connectivity index (χ4v) is 7.08. The molecular formula is C45H43B11N7O2S. The minimum absolute atomic E-state index is 0.389. The Kier molecular flexibility index (Phi) is 23.5. The molecule has 0 saturated heterocycles. The summed E-state index contributed by atoms with van der Waals surface area (Å²) in [5, 5.41) is 11.6. The van der Waals surface area contributed by atoms with Crippen LogP contribution < -0.4 is 10.6 Å². The molecule has 21 heteroatoms. The Morgan fingerprint density at radius 3 is 1.67 bits per heavy atom. The highest BCUT2D eigenvalue weighted by Crippen LogP contribution is 2.26. The first-order valence-electron chi connectivity index (χ1n) is 20.8. The molecule has 0 unspecified atom stereocenters. The quantitative estimate of drug-likeness (QED) is 0.112. The van der Waals surface area contributed by atoms with Gasteiger partial charge in [0.15, 0.2) is 0 Å². The Bertz CT molecular complexity index is 2910. The van der Waals surface area contributed by atoms with Gasteiger partial charge in [-0.15, -0.1) is 0 Å². The zero-order chi connectivity index (χ0) is 48.5. The van der Waals surface area contributed by atoms with Crippen molar-refractivity contribution in [2.24, 2.45) is 0 Å². The van der Waals surface area contributed by atoms with Crippen molar-refractivity contribution in [1.29, 1.82) is 0 Å². The van der Waals surface area contributed by atoms with Crippen LogP contribution in [-0.2, 0) is 23.1 Å². The van der Waals surface area contributed by atoms with Crippen LogP contribution in [0.3, 0.4) is 0 Å². The minimum atomic E-state index is -3.53. The number of rotatable bonds is 14. The molecule has 309 valence electrons. The summed E-state index contributed by atoms with van der Waals surface area (Å²) in [4.78, 5) is 11.5. The number of benzene rings is 4. The molecule has 0 atom stereocenters. The molecule has 0 spiro atoms. The molecule has 4 aromatic carbocycles. The summed E-state index contributed by atoms with van der Waals surface area (Å²) < 4.78 is 26.7. The highest BCUT2D eigenvalue weighted by molar-refractivity contribution is 8.02. The Morgan fingerprint density at radius 1 is 0.758 bits per heavy atom. The largest absolute Gasteiger partial charge is 0.385 e. The summed E-state index contributed by atoms with van der Waals surface area (Å²) in [6, 6.07) is 25.4. The van der Waals surface area contributed by atoms with E-state index in [1.807, 2.05) is 12.3 Å². The van der Waals surface area contributed by atoms with Crippen LogP contribution in [0.2, 0.25) is 0 Å². The van der Waals surface area contributed by atoms with Crippen molar-refractivity contribution < 1.29 is 8.42 Å². The molecule has 0 bridgehead atoms. The zero-order valence-electron chi connectivity index (χ0n) is 37.8. The number of imidazole rings is 2. The predicted octanol–water partition coefficient (Wildman–Crippen LogP) is 4.31. The molecule has 2 heterocycles. The third-order valence-corrected chi connectivity index (χ3v) is 11.1. The molecule has 6 aromatic rings. The summed E-state index contributed by atoms with van der Waals surface area (Å²) in [6.07, 6.45) is 5.83. The van der Waals surface area contributed by atoms with Crippen molar-refractivity contribution in [3.05, 3.63) is 185 Å². The molecule has 0 fully saturated rings. The maximum absolute atomic E-state index is 12.2. The number of nitrogens with one attached hydrogen (secondary N) is 3. The summed E-state index contributed by atoms with van der Waals surface area (Å²) >= 11 is 0. The lowest BCUT2D eigenvalue weighted by Gasteiger charge is -2.25. The summed E-state index contributed by atoms with van der Waals surface area (Å²) in [5.74, 6) is 0. The van der Waals surface area contributed by atoms with E-state index in [-0.39, 0.29) is 6.39 Å². The molecule has 0 aliphatic carbocycles.